The summed E-state index contributed by atoms with van der Waals surface area (Å²) in [6.07, 6.45) is 1.70. The molecule has 2 rings (SSSR count). The maximum atomic E-state index is 11.9. The Morgan fingerprint density at radius 2 is 1.94 bits per heavy atom. The van der Waals surface area contributed by atoms with Gasteiger partial charge < -0.3 is 5.32 Å². The van der Waals surface area contributed by atoms with Gasteiger partial charge in [-0.1, -0.05) is 0 Å². The first-order chi connectivity index (χ1) is 8.16. The van der Waals surface area contributed by atoms with E-state index in [1.165, 1.54) is 0 Å². The van der Waals surface area contributed by atoms with Crippen LogP contribution in [-0.4, -0.2) is 10.9 Å². The number of amides is 1. The monoisotopic (exact) mass is 338 g/mol. The van der Waals surface area contributed by atoms with Gasteiger partial charge in [0, 0.05) is 15.3 Å². The Morgan fingerprint density at radius 1 is 1.24 bits per heavy atom. The SMILES string of the molecule is Cc1ncccc1NC(=O)c1ccc(I)cc1. The predicted molar refractivity (Wildman–Crippen MR) is 76.1 cm³/mol. The number of anilines is 1. The first kappa shape index (κ1) is 12.0. The predicted octanol–water partition coefficient (Wildman–Crippen LogP) is 3.25. The van der Waals surface area contributed by atoms with Crippen molar-refractivity contribution in [3.63, 3.8) is 0 Å². The highest BCUT2D eigenvalue weighted by Crippen LogP contribution is 2.13. The molecule has 17 heavy (non-hydrogen) atoms. The van der Waals surface area contributed by atoms with Gasteiger partial charge in [-0.05, 0) is 65.9 Å². The van der Waals surface area contributed by atoms with E-state index in [0.29, 0.717) is 5.56 Å². The topological polar surface area (TPSA) is 42.0 Å². The van der Waals surface area contributed by atoms with E-state index < -0.39 is 0 Å². The summed E-state index contributed by atoms with van der Waals surface area (Å²) in [7, 11) is 0. The van der Waals surface area contributed by atoms with Crippen molar-refractivity contribution in [3.8, 4) is 0 Å². The Labute approximate surface area is 113 Å². The number of hydrogen-bond donors (Lipinski definition) is 1. The molecule has 0 spiro atoms. The molecule has 0 aliphatic heterocycles. The molecule has 2 aromatic rings. The van der Waals surface area contributed by atoms with Gasteiger partial charge in [0.25, 0.3) is 5.91 Å². The summed E-state index contributed by atoms with van der Waals surface area (Å²) in [5.74, 6) is -0.113. The van der Waals surface area contributed by atoms with Gasteiger partial charge >= 0.3 is 0 Å². The van der Waals surface area contributed by atoms with Crippen LogP contribution in [-0.2, 0) is 0 Å². The van der Waals surface area contributed by atoms with Crippen LogP contribution in [0, 0.1) is 10.5 Å². The van der Waals surface area contributed by atoms with Crippen molar-refractivity contribution in [1.82, 2.24) is 4.98 Å². The van der Waals surface area contributed by atoms with Gasteiger partial charge in [0.15, 0.2) is 0 Å². The third kappa shape index (κ3) is 3.03. The molecule has 0 unspecified atom stereocenters. The van der Waals surface area contributed by atoms with Crippen LogP contribution in [0.4, 0.5) is 5.69 Å². The molecule has 0 aliphatic rings. The minimum absolute atomic E-state index is 0.113. The summed E-state index contributed by atoms with van der Waals surface area (Å²) in [5.41, 5.74) is 2.20. The standard InChI is InChI=1S/C13H11IN2O/c1-9-12(3-2-8-15-9)16-13(17)10-4-6-11(14)7-5-10/h2-8H,1H3,(H,16,17). The molecule has 1 aromatic carbocycles. The number of aryl methyl sites for hydroxylation is 1. The second-order valence-corrected chi connectivity index (χ2v) is 4.84. The Bertz CT molecular complexity index is 537. The van der Waals surface area contributed by atoms with Gasteiger partial charge in [-0.2, -0.15) is 0 Å². The molecule has 3 nitrogen and oxygen atoms in total. The molecule has 0 saturated carbocycles. The van der Waals surface area contributed by atoms with Crippen LogP contribution in [0.1, 0.15) is 16.1 Å². The molecule has 1 heterocycles. The van der Waals surface area contributed by atoms with Crippen molar-refractivity contribution in [2.75, 3.05) is 5.32 Å². The minimum Gasteiger partial charge on any atom is -0.320 e. The lowest BCUT2D eigenvalue weighted by Crippen LogP contribution is -2.12. The normalized spacial score (nSPS) is 10.0. The fourth-order valence-corrected chi connectivity index (χ4v) is 1.77. The Kier molecular flexibility index (Phi) is 3.73. The van der Waals surface area contributed by atoms with E-state index in [0.717, 1.165) is 15.0 Å². The van der Waals surface area contributed by atoms with Crippen molar-refractivity contribution in [1.29, 1.82) is 0 Å². The third-order valence-corrected chi connectivity index (χ3v) is 3.08. The van der Waals surface area contributed by atoms with E-state index in [4.69, 9.17) is 0 Å². The second-order valence-electron chi connectivity index (χ2n) is 3.60. The van der Waals surface area contributed by atoms with Gasteiger partial charge in [-0.3, -0.25) is 9.78 Å². The van der Waals surface area contributed by atoms with E-state index in [1.54, 1.807) is 12.3 Å². The largest absolute Gasteiger partial charge is 0.320 e. The van der Waals surface area contributed by atoms with Crippen LogP contribution in [0.2, 0.25) is 0 Å². The molecular weight excluding hydrogens is 327 g/mol. The minimum atomic E-state index is -0.113. The Hall–Kier alpha value is -1.43. The van der Waals surface area contributed by atoms with Gasteiger partial charge in [-0.25, -0.2) is 0 Å². The summed E-state index contributed by atoms with van der Waals surface area (Å²) in [6, 6.07) is 11.1. The average Bonchev–Trinajstić information content (AvgIpc) is 2.33. The van der Waals surface area contributed by atoms with Gasteiger partial charge in [-0.15, -0.1) is 0 Å². The van der Waals surface area contributed by atoms with Gasteiger partial charge in [0.1, 0.15) is 0 Å². The second kappa shape index (κ2) is 5.27. The van der Waals surface area contributed by atoms with E-state index in [2.05, 4.69) is 32.9 Å². The number of hydrogen-bond acceptors (Lipinski definition) is 2. The zero-order chi connectivity index (χ0) is 12.3. The van der Waals surface area contributed by atoms with Crippen molar-refractivity contribution in [3.05, 3.63) is 57.4 Å². The van der Waals surface area contributed by atoms with E-state index >= 15 is 0 Å². The molecule has 0 fully saturated rings. The first-order valence-corrected chi connectivity index (χ1v) is 6.23. The molecule has 86 valence electrons. The number of benzene rings is 1. The molecule has 1 amide bonds. The summed E-state index contributed by atoms with van der Waals surface area (Å²) in [4.78, 5) is 16.1. The smallest absolute Gasteiger partial charge is 0.255 e. The molecular formula is C13H11IN2O. The van der Waals surface area contributed by atoms with Crippen molar-refractivity contribution >= 4 is 34.2 Å². The number of aromatic nitrogens is 1. The van der Waals surface area contributed by atoms with Crippen LogP contribution in [0.25, 0.3) is 0 Å². The van der Waals surface area contributed by atoms with Crippen LogP contribution in [0.5, 0.6) is 0 Å². The van der Waals surface area contributed by atoms with E-state index in [1.807, 2.05) is 37.3 Å². The first-order valence-electron chi connectivity index (χ1n) is 5.15. The van der Waals surface area contributed by atoms with Crippen LogP contribution in [0.3, 0.4) is 0 Å². The number of halogens is 1. The average molecular weight is 338 g/mol. The zero-order valence-corrected chi connectivity index (χ0v) is 11.4. The zero-order valence-electron chi connectivity index (χ0n) is 9.27. The summed E-state index contributed by atoms with van der Waals surface area (Å²) in [6.45, 7) is 1.86. The van der Waals surface area contributed by atoms with Crippen molar-refractivity contribution < 1.29 is 4.79 Å². The van der Waals surface area contributed by atoms with E-state index in [-0.39, 0.29) is 5.91 Å². The highest BCUT2D eigenvalue weighted by atomic mass is 127. The molecule has 0 atom stereocenters. The summed E-state index contributed by atoms with van der Waals surface area (Å²) >= 11 is 2.21. The third-order valence-electron chi connectivity index (χ3n) is 2.36. The number of rotatable bonds is 2. The lowest BCUT2D eigenvalue weighted by molar-refractivity contribution is 0.102. The summed E-state index contributed by atoms with van der Waals surface area (Å²) in [5, 5.41) is 2.84. The van der Waals surface area contributed by atoms with Crippen LogP contribution >= 0.6 is 22.6 Å². The number of carbonyl (C=O) groups is 1. The number of nitrogens with zero attached hydrogens (tertiary/aromatic N) is 1. The number of carbonyl (C=O) groups excluding carboxylic acids is 1. The lowest BCUT2D eigenvalue weighted by Gasteiger charge is -2.07. The maximum absolute atomic E-state index is 11.9. The lowest BCUT2D eigenvalue weighted by atomic mass is 10.2. The highest BCUT2D eigenvalue weighted by molar-refractivity contribution is 14.1. The number of pyridine rings is 1. The molecule has 4 heteroatoms. The quantitative estimate of drug-likeness (QED) is 0.854. The van der Waals surface area contributed by atoms with Crippen molar-refractivity contribution in [2.24, 2.45) is 0 Å². The highest BCUT2D eigenvalue weighted by Gasteiger charge is 2.07. The molecule has 1 aromatic heterocycles. The Morgan fingerprint density at radius 3 is 2.59 bits per heavy atom. The fourth-order valence-electron chi connectivity index (χ4n) is 1.41. The summed E-state index contributed by atoms with van der Waals surface area (Å²) < 4.78 is 1.11. The molecule has 0 bridgehead atoms. The molecule has 0 saturated heterocycles. The molecule has 1 N–H and O–H groups in total. The van der Waals surface area contributed by atoms with Gasteiger partial charge in [0.05, 0.1) is 11.4 Å². The molecule has 0 aliphatic carbocycles. The van der Waals surface area contributed by atoms with Crippen LogP contribution < -0.4 is 5.32 Å². The van der Waals surface area contributed by atoms with Crippen LogP contribution in [0.15, 0.2) is 42.6 Å². The Balaban J connectivity index is 2.17. The maximum Gasteiger partial charge on any atom is 0.255 e. The fraction of sp³-hybridized carbons (Fsp3) is 0.0769. The van der Waals surface area contributed by atoms with Crippen molar-refractivity contribution in [2.45, 2.75) is 6.92 Å². The van der Waals surface area contributed by atoms with E-state index in [9.17, 15) is 4.79 Å². The molecule has 0 radical (unpaired) electrons. The van der Waals surface area contributed by atoms with Gasteiger partial charge in [0.2, 0.25) is 0 Å². The number of nitrogens with one attached hydrogen (secondary N) is 1.